The summed E-state index contributed by atoms with van der Waals surface area (Å²) in [7, 11) is 0. The fourth-order valence-corrected chi connectivity index (χ4v) is 2.18. The molecule has 0 heterocycles. The van der Waals surface area contributed by atoms with Crippen LogP contribution in [0.15, 0.2) is 0 Å². The van der Waals surface area contributed by atoms with Gasteiger partial charge in [-0.15, -0.1) is 0 Å². The number of carbonyl (C=O) groups is 2. The van der Waals surface area contributed by atoms with Gasteiger partial charge >= 0.3 is 11.9 Å². The Balaban J connectivity index is 4.89. The molecule has 118 valence electrons. The number of hydrogen-bond donors (Lipinski definition) is 5. The Morgan fingerprint density at radius 2 is 1.50 bits per heavy atom. The molecule has 20 heavy (non-hydrogen) atoms. The maximum absolute atomic E-state index is 10.8. The molecule has 0 aromatic carbocycles. The second kappa shape index (κ2) is 7.01. The van der Waals surface area contributed by atoms with Crippen LogP contribution in [-0.4, -0.2) is 55.3 Å². The number of carboxylic acids is 2. The van der Waals surface area contributed by atoms with Crippen molar-refractivity contribution < 1.29 is 35.1 Å². The first-order chi connectivity index (χ1) is 8.91. The largest absolute Gasteiger partial charge is 0.481 e. The molecule has 0 saturated carbocycles. The van der Waals surface area contributed by atoms with E-state index in [2.05, 4.69) is 0 Å². The van der Waals surface area contributed by atoms with E-state index in [1.165, 1.54) is 27.7 Å². The Morgan fingerprint density at radius 1 is 1.05 bits per heavy atom. The lowest BCUT2D eigenvalue weighted by Crippen LogP contribution is -2.50. The first-order valence-electron chi connectivity index (χ1n) is 6.46. The van der Waals surface area contributed by atoms with Crippen LogP contribution in [0.3, 0.4) is 0 Å². The van der Waals surface area contributed by atoms with E-state index in [9.17, 15) is 24.9 Å². The summed E-state index contributed by atoms with van der Waals surface area (Å²) in [5.74, 6) is -5.22. The average molecular weight is 292 g/mol. The fraction of sp³-hybridized carbons (Fsp3) is 0.846. The molecule has 0 spiro atoms. The molecule has 5 N–H and O–H groups in total. The predicted octanol–water partition coefficient (Wildman–Crippen LogP) is -0.0732. The number of carboxylic acid groups (broad SMARTS) is 2. The number of rotatable bonds is 8. The van der Waals surface area contributed by atoms with Crippen LogP contribution in [0, 0.1) is 17.8 Å². The zero-order valence-electron chi connectivity index (χ0n) is 12.1. The molecule has 0 rings (SSSR count). The van der Waals surface area contributed by atoms with E-state index in [1.807, 2.05) is 0 Å². The third kappa shape index (κ3) is 4.73. The quantitative estimate of drug-likeness (QED) is 0.422. The first kappa shape index (κ1) is 18.8. The molecule has 6 atom stereocenters. The van der Waals surface area contributed by atoms with Crippen LogP contribution >= 0.6 is 0 Å². The monoisotopic (exact) mass is 292 g/mol. The Kier molecular flexibility index (Phi) is 6.60. The van der Waals surface area contributed by atoms with Crippen LogP contribution in [0.4, 0.5) is 0 Å². The first-order valence-corrected chi connectivity index (χ1v) is 6.46. The number of aliphatic hydroxyl groups excluding tert-OH is 2. The van der Waals surface area contributed by atoms with Gasteiger partial charge in [-0.1, -0.05) is 13.8 Å². The van der Waals surface area contributed by atoms with Crippen molar-refractivity contribution in [2.75, 3.05) is 0 Å². The maximum atomic E-state index is 10.8. The van der Waals surface area contributed by atoms with Crippen LogP contribution in [0.1, 0.15) is 34.1 Å². The van der Waals surface area contributed by atoms with Crippen molar-refractivity contribution >= 4 is 11.9 Å². The van der Waals surface area contributed by atoms with Crippen molar-refractivity contribution in [2.45, 2.75) is 51.9 Å². The Labute approximate surface area is 117 Å². The van der Waals surface area contributed by atoms with Crippen molar-refractivity contribution in [3.63, 3.8) is 0 Å². The lowest BCUT2D eigenvalue weighted by atomic mass is 9.78. The van der Waals surface area contributed by atoms with Gasteiger partial charge in [-0.25, -0.2) is 0 Å². The van der Waals surface area contributed by atoms with Gasteiger partial charge in [0.05, 0.1) is 29.6 Å². The molecule has 0 amide bonds. The van der Waals surface area contributed by atoms with E-state index in [0.29, 0.717) is 0 Å². The van der Waals surface area contributed by atoms with Crippen molar-refractivity contribution in [3.8, 4) is 0 Å². The smallest absolute Gasteiger partial charge is 0.308 e. The van der Waals surface area contributed by atoms with E-state index in [1.54, 1.807) is 0 Å². The molecular weight excluding hydrogens is 268 g/mol. The van der Waals surface area contributed by atoms with Crippen LogP contribution in [0.2, 0.25) is 0 Å². The van der Waals surface area contributed by atoms with Gasteiger partial charge in [0.25, 0.3) is 0 Å². The van der Waals surface area contributed by atoms with Gasteiger partial charge in [-0.2, -0.15) is 0 Å². The lowest BCUT2D eigenvalue weighted by molar-refractivity contribution is -0.156. The standard InChI is InChI=1S/C13H24O7/c1-6(11(16)17)5-13(4,20)10(15)7(2)9(14)8(3)12(18)19/h6-10,14-15,20H,5H2,1-4H3,(H,16,17)(H,18,19)/t6-,7+,8-,9+,10-,13-/m1/s1. The fourth-order valence-electron chi connectivity index (χ4n) is 2.18. The SMILES string of the molecule is C[C@@H]([C@H](O)[C@@H](C)C(=O)O)[C@@H](O)[C@](C)(O)C[C@@H](C)C(=O)O. The zero-order valence-corrected chi connectivity index (χ0v) is 12.1. The second-order valence-corrected chi connectivity index (χ2v) is 5.72. The Morgan fingerprint density at radius 3 is 1.85 bits per heavy atom. The second-order valence-electron chi connectivity index (χ2n) is 5.72. The maximum Gasteiger partial charge on any atom is 0.308 e. The summed E-state index contributed by atoms with van der Waals surface area (Å²) in [6, 6.07) is 0. The molecule has 0 aliphatic rings. The van der Waals surface area contributed by atoms with Crippen molar-refractivity contribution in [2.24, 2.45) is 17.8 Å². The van der Waals surface area contributed by atoms with Gasteiger partial charge in [0, 0.05) is 5.92 Å². The van der Waals surface area contributed by atoms with E-state index >= 15 is 0 Å². The van der Waals surface area contributed by atoms with Crippen molar-refractivity contribution in [3.05, 3.63) is 0 Å². The topological polar surface area (TPSA) is 135 Å². The van der Waals surface area contributed by atoms with Gasteiger partial charge in [0.2, 0.25) is 0 Å². The molecule has 0 aliphatic heterocycles. The van der Waals surface area contributed by atoms with Gasteiger partial charge in [0.15, 0.2) is 0 Å². The molecule has 0 unspecified atom stereocenters. The molecule has 7 nitrogen and oxygen atoms in total. The predicted molar refractivity (Wildman–Crippen MR) is 70.0 cm³/mol. The summed E-state index contributed by atoms with van der Waals surface area (Å²) >= 11 is 0. The summed E-state index contributed by atoms with van der Waals surface area (Å²) in [5.41, 5.74) is -1.74. The number of aliphatic carboxylic acids is 2. The van der Waals surface area contributed by atoms with E-state index in [0.717, 1.165) is 0 Å². The molecule has 7 heteroatoms. The van der Waals surface area contributed by atoms with E-state index in [4.69, 9.17) is 10.2 Å². The highest BCUT2D eigenvalue weighted by molar-refractivity contribution is 5.70. The molecule has 0 bridgehead atoms. The van der Waals surface area contributed by atoms with Crippen LogP contribution < -0.4 is 0 Å². The molecular formula is C13H24O7. The molecule has 0 saturated heterocycles. The van der Waals surface area contributed by atoms with Crippen LogP contribution in [0.25, 0.3) is 0 Å². The summed E-state index contributed by atoms with van der Waals surface area (Å²) in [4.78, 5) is 21.6. The van der Waals surface area contributed by atoms with Crippen molar-refractivity contribution in [1.82, 2.24) is 0 Å². The zero-order chi connectivity index (χ0) is 16.2. The molecule has 0 fully saturated rings. The third-order valence-electron chi connectivity index (χ3n) is 3.72. The number of hydrogen-bond acceptors (Lipinski definition) is 5. The minimum absolute atomic E-state index is 0.206. The third-order valence-corrected chi connectivity index (χ3v) is 3.72. The lowest BCUT2D eigenvalue weighted by Gasteiger charge is -2.37. The molecule has 0 radical (unpaired) electrons. The average Bonchev–Trinajstić information content (AvgIpc) is 2.34. The summed E-state index contributed by atoms with van der Waals surface area (Å²) in [6.45, 7) is 5.37. The molecule has 0 aromatic heterocycles. The van der Waals surface area contributed by atoms with Crippen LogP contribution in [-0.2, 0) is 9.59 Å². The molecule has 0 aliphatic carbocycles. The highest BCUT2D eigenvalue weighted by Crippen LogP contribution is 2.29. The van der Waals surface area contributed by atoms with E-state index in [-0.39, 0.29) is 6.42 Å². The van der Waals surface area contributed by atoms with Crippen LogP contribution in [0.5, 0.6) is 0 Å². The molecule has 0 aromatic rings. The van der Waals surface area contributed by atoms with Gasteiger partial charge < -0.3 is 25.5 Å². The van der Waals surface area contributed by atoms with Gasteiger partial charge in [-0.3, -0.25) is 9.59 Å². The Bertz CT molecular complexity index is 353. The normalized spacial score (nSPS) is 22.1. The summed E-state index contributed by atoms with van der Waals surface area (Å²) < 4.78 is 0. The minimum atomic E-state index is -1.74. The number of aliphatic hydroxyl groups is 3. The minimum Gasteiger partial charge on any atom is -0.481 e. The van der Waals surface area contributed by atoms with Gasteiger partial charge in [-0.05, 0) is 20.3 Å². The van der Waals surface area contributed by atoms with Crippen molar-refractivity contribution in [1.29, 1.82) is 0 Å². The highest BCUT2D eigenvalue weighted by Gasteiger charge is 2.41. The highest BCUT2D eigenvalue weighted by atomic mass is 16.4. The van der Waals surface area contributed by atoms with E-state index < -0.39 is 47.5 Å². The summed E-state index contributed by atoms with van der Waals surface area (Å²) in [6.07, 6.45) is -3.00. The van der Waals surface area contributed by atoms with Gasteiger partial charge in [0.1, 0.15) is 0 Å². The Hall–Kier alpha value is -1.18. The summed E-state index contributed by atoms with van der Waals surface area (Å²) in [5, 5.41) is 47.8.